The third-order valence-corrected chi connectivity index (χ3v) is 5.79. The quantitative estimate of drug-likeness (QED) is 0.525. The molecule has 7 nitrogen and oxygen atoms in total. The second-order valence-corrected chi connectivity index (χ2v) is 7.86. The molecule has 5 rings (SSSR count). The van der Waals surface area contributed by atoms with E-state index >= 15 is 0 Å². The number of piperazine rings is 1. The van der Waals surface area contributed by atoms with Crippen LogP contribution in [0, 0.1) is 0 Å². The first kappa shape index (κ1) is 19.8. The number of nitrogens with zero attached hydrogens (tertiary/aromatic N) is 3. The second-order valence-electron chi connectivity index (χ2n) is 7.86. The number of nitrogens with one attached hydrogen (secondary N) is 1. The summed E-state index contributed by atoms with van der Waals surface area (Å²) in [6.45, 7) is 2.51. The molecule has 2 aromatic heterocycles. The minimum Gasteiger partial charge on any atom is -0.508 e. The Labute approximate surface area is 184 Å². The van der Waals surface area contributed by atoms with Crippen molar-refractivity contribution >= 4 is 22.6 Å². The molecule has 0 atom stereocenters. The zero-order valence-corrected chi connectivity index (χ0v) is 17.4. The lowest BCUT2D eigenvalue weighted by Crippen LogP contribution is -2.49. The molecule has 2 aromatic carbocycles. The van der Waals surface area contributed by atoms with Crippen molar-refractivity contribution in [3.05, 3.63) is 88.8 Å². The lowest BCUT2D eigenvalue weighted by atomic mass is 10.1. The average molecular weight is 426 g/mol. The predicted octanol–water partition coefficient (Wildman–Crippen LogP) is 3.26. The van der Waals surface area contributed by atoms with Gasteiger partial charge in [0.25, 0.3) is 5.91 Å². The SMILES string of the molecule is O=C(c1ccc2ccc(=O)[nH]c2c1)N1CCN(c2cc(-c3cccc(O)c3)ccn2)CC1. The molecule has 32 heavy (non-hydrogen) atoms. The summed E-state index contributed by atoms with van der Waals surface area (Å²) in [5, 5.41) is 10.7. The number of aromatic nitrogens is 2. The molecule has 0 unspecified atom stereocenters. The molecular formula is C25H22N4O3. The summed E-state index contributed by atoms with van der Waals surface area (Å²) in [6, 6.07) is 19.7. The Morgan fingerprint density at radius 3 is 2.50 bits per heavy atom. The van der Waals surface area contributed by atoms with Crippen LogP contribution < -0.4 is 10.5 Å². The molecule has 160 valence electrons. The molecule has 0 spiro atoms. The van der Waals surface area contributed by atoms with Crippen LogP contribution in [0.1, 0.15) is 10.4 Å². The normalized spacial score (nSPS) is 14.0. The number of fused-ring (bicyclic) bond motifs is 1. The maximum atomic E-state index is 13.0. The number of phenolic OH excluding ortho intramolecular Hbond substituents is 1. The van der Waals surface area contributed by atoms with Crippen LogP contribution in [0.3, 0.4) is 0 Å². The van der Waals surface area contributed by atoms with Crippen LogP contribution >= 0.6 is 0 Å². The van der Waals surface area contributed by atoms with E-state index in [-0.39, 0.29) is 17.2 Å². The third-order valence-electron chi connectivity index (χ3n) is 5.79. The minimum atomic E-state index is -0.184. The van der Waals surface area contributed by atoms with Crippen LogP contribution in [-0.4, -0.2) is 52.1 Å². The summed E-state index contributed by atoms with van der Waals surface area (Å²) in [6.07, 6.45) is 1.77. The van der Waals surface area contributed by atoms with Crippen LogP contribution in [0.15, 0.2) is 77.7 Å². The fraction of sp³-hybridized carbons (Fsp3) is 0.160. The third kappa shape index (κ3) is 3.92. The van der Waals surface area contributed by atoms with E-state index in [2.05, 4.69) is 14.9 Å². The Bertz CT molecular complexity index is 1360. The molecule has 1 saturated heterocycles. The van der Waals surface area contributed by atoms with Crippen molar-refractivity contribution in [3.63, 3.8) is 0 Å². The summed E-state index contributed by atoms with van der Waals surface area (Å²) in [5.41, 5.74) is 2.95. The van der Waals surface area contributed by atoms with E-state index in [1.807, 2.05) is 35.2 Å². The summed E-state index contributed by atoms with van der Waals surface area (Å²) in [4.78, 5) is 35.9. The van der Waals surface area contributed by atoms with Crippen molar-refractivity contribution in [1.82, 2.24) is 14.9 Å². The number of amides is 1. The molecule has 4 aromatic rings. The van der Waals surface area contributed by atoms with Gasteiger partial charge in [0.1, 0.15) is 11.6 Å². The predicted molar refractivity (Wildman–Crippen MR) is 124 cm³/mol. The van der Waals surface area contributed by atoms with E-state index in [0.29, 0.717) is 37.3 Å². The zero-order valence-electron chi connectivity index (χ0n) is 17.4. The highest BCUT2D eigenvalue weighted by molar-refractivity contribution is 5.97. The molecule has 1 aliphatic heterocycles. The molecule has 0 bridgehead atoms. The molecule has 2 N–H and O–H groups in total. The highest BCUT2D eigenvalue weighted by atomic mass is 16.3. The Kier molecular flexibility index (Phi) is 5.07. The Balaban J connectivity index is 1.29. The van der Waals surface area contributed by atoms with Gasteiger partial charge in [-0.05, 0) is 59.0 Å². The lowest BCUT2D eigenvalue weighted by Gasteiger charge is -2.35. The standard InChI is InChI=1S/C25H22N4O3/c30-21-3-1-2-18(14-21)19-8-9-26-23(16-19)28-10-12-29(13-11-28)25(32)20-5-4-17-6-7-24(31)27-22(17)15-20/h1-9,14-16,30H,10-13H2,(H,27,31). The molecule has 0 radical (unpaired) electrons. The number of hydrogen-bond acceptors (Lipinski definition) is 5. The maximum absolute atomic E-state index is 13.0. The fourth-order valence-electron chi connectivity index (χ4n) is 4.06. The number of phenols is 1. The van der Waals surface area contributed by atoms with Gasteiger partial charge in [0.2, 0.25) is 5.56 Å². The Morgan fingerprint density at radius 1 is 0.906 bits per heavy atom. The molecule has 1 amide bonds. The van der Waals surface area contributed by atoms with E-state index in [1.165, 1.54) is 6.07 Å². The van der Waals surface area contributed by atoms with E-state index < -0.39 is 0 Å². The second kappa shape index (κ2) is 8.19. The number of hydrogen-bond donors (Lipinski definition) is 2. The van der Waals surface area contributed by atoms with E-state index in [1.54, 1.807) is 36.5 Å². The van der Waals surface area contributed by atoms with E-state index in [0.717, 1.165) is 22.3 Å². The number of rotatable bonds is 3. The van der Waals surface area contributed by atoms with Crippen molar-refractivity contribution in [1.29, 1.82) is 0 Å². The average Bonchev–Trinajstić information content (AvgIpc) is 2.83. The molecule has 3 heterocycles. The lowest BCUT2D eigenvalue weighted by molar-refractivity contribution is 0.0746. The van der Waals surface area contributed by atoms with Gasteiger partial charge in [-0.2, -0.15) is 0 Å². The van der Waals surface area contributed by atoms with Crippen molar-refractivity contribution in [2.45, 2.75) is 0 Å². The summed E-state index contributed by atoms with van der Waals surface area (Å²) < 4.78 is 0. The summed E-state index contributed by atoms with van der Waals surface area (Å²) in [7, 11) is 0. The molecule has 1 fully saturated rings. The number of carbonyl (C=O) groups is 1. The zero-order chi connectivity index (χ0) is 22.1. The monoisotopic (exact) mass is 426 g/mol. The fourth-order valence-corrected chi connectivity index (χ4v) is 4.06. The van der Waals surface area contributed by atoms with Gasteiger partial charge in [-0.3, -0.25) is 9.59 Å². The van der Waals surface area contributed by atoms with Crippen molar-refractivity contribution in [2.24, 2.45) is 0 Å². The van der Waals surface area contributed by atoms with Crippen molar-refractivity contribution < 1.29 is 9.90 Å². The van der Waals surface area contributed by atoms with Gasteiger partial charge in [-0.25, -0.2) is 4.98 Å². The van der Waals surface area contributed by atoms with Crippen LogP contribution in [0.25, 0.3) is 22.0 Å². The van der Waals surface area contributed by atoms with Gasteiger partial charge < -0.3 is 19.9 Å². The first-order valence-corrected chi connectivity index (χ1v) is 10.5. The molecule has 0 aliphatic carbocycles. The molecule has 7 heteroatoms. The Morgan fingerprint density at radius 2 is 1.69 bits per heavy atom. The van der Waals surface area contributed by atoms with Crippen LogP contribution in [0.5, 0.6) is 5.75 Å². The summed E-state index contributed by atoms with van der Waals surface area (Å²) in [5.74, 6) is 1.03. The summed E-state index contributed by atoms with van der Waals surface area (Å²) >= 11 is 0. The number of aromatic amines is 1. The number of anilines is 1. The number of benzene rings is 2. The Hall–Kier alpha value is -4.13. The van der Waals surface area contributed by atoms with Crippen LogP contribution in [0.4, 0.5) is 5.82 Å². The molecule has 0 saturated carbocycles. The van der Waals surface area contributed by atoms with Gasteiger partial charge in [0.15, 0.2) is 0 Å². The van der Waals surface area contributed by atoms with Crippen molar-refractivity contribution in [2.75, 3.05) is 31.1 Å². The van der Waals surface area contributed by atoms with Gasteiger partial charge in [0, 0.05) is 49.5 Å². The van der Waals surface area contributed by atoms with E-state index in [4.69, 9.17) is 0 Å². The molecular weight excluding hydrogens is 404 g/mol. The number of carbonyl (C=O) groups excluding carboxylic acids is 1. The highest BCUT2D eigenvalue weighted by Gasteiger charge is 2.23. The topological polar surface area (TPSA) is 89.5 Å². The van der Waals surface area contributed by atoms with E-state index in [9.17, 15) is 14.7 Å². The largest absolute Gasteiger partial charge is 0.508 e. The minimum absolute atomic E-state index is 0.0438. The van der Waals surface area contributed by atoms with Gasteiger partial charge in [-0.15, -0.1) is 0 Å². The van der Waals surface area contributed by atoms with Crippen molar-refractivity contribution in [3.8, 4) is 16.9 Å². The first-order valence-electron chi connectivity index (χ1n) is 10.5. The van der Waals surface area contributed by atoms with Crippen LogP contribution in [-0.2, 0) is 0 Å². The highest BCUT2D eigenvalue weighted by Crippen LogP contribution is 2.26. The molecule has 1 aliphatic rings. The number of H-pyrrole nitrogens is 1. The van der Waals surface area contributed by atoms with Crippen LogP contribution in [0.2, 0.25) is 0 Å². The smallest absolute Gasteiger partial charge is 0.254 e. The van der Waals surface area contributed by atoms with Gasteiger partial charge in [-0.1, -0.05) is 18.2 Å². The van der Waals surface area contributed by atoms with Gasteiger partial charge >= 0.3 is 0 Å². The number of aromatic hydroxyl groups is 1. The maximum Gasteiger partial charge on any atom is 0.254 e. The van der Waals surface area contributed by atoms with Gasteiger partial charge in [0.05, 0.1) is 0 Å². The number of pyridine rings is 2. The first-order chi connectivity index (χ1) is 15.6.